The van der Waals surface area contributed by atoms with Crippen molar-refractivity contribution in [2.75, 3.05) is 0 Å². The van der Waals surface area contributed by atoms with Crippen molar-refractivity contribution < 1.29 is 9.53 Å². The zero-order chi connectivity index (χ0) is 8.97. The Hall–Kier alpha value is -0.350. The van der Waals surface area contributed by atoms with Gasteiger partial charge in [0.15, 0.2) is 0 Å². The molecule has 0 N–H and O–H groups in total. The molecule has 0 aliphatic rings. The number of rotatable bonds is 3. The molecule has 0 aliphatic carbocycles. The summed E-state index contributed by atoms with van der Waals surface area (Å²) < 4.78 is 6.50. The summed E-state index contributed by atoms with van der Waals surface area (Å²) in [5.41, 5.74) is 0.941. The van der Waals surface area contributed by atoms with Gasteiger partial charge in [-0.25, -0.2) is 0 Å². The highest BCUT2D eigenvalue weighted by atomic mass is 79.9. The fourth-order valence-electron chi connectivity index (χ4n) is 0.784. The van der Waals surface area contributed by atoms with Crippen LogP contribution < -0.4 is 0 Å². The van der Waals surface area contributed by atoms with Gasteiger partial charge in [-0.1, -0.05) is 12.1 Å². The number of carbonyl (C=O) groups is 1. The third kappa shape index (κ3) is 2.32. The lowest BCUT2D eigenvalue weighted by Gasteiger charge is -2.03. The molecule has 0 heterocycles. The highest BCUT2D eigenvalue weighted by Crippen LogP contribution is 2.26. The Kier molecular flexibility index (Phi) is 3.75. The maximum atomic E-state index is 9.93. The third-order valence-electron chi connectivity index (χ3n) is 1.34. The Labute approximate surface area is 87.2 Å². The minimum atomic E-state index is 0.295. The SMILES string of the molecule is O=COCc1cccc(Br)c1Br. The van der Waals surface area contributed by atoms with Gasteiger partial charge in [0.1, 0.15) is 6.61 Å². The van der Waals surface area contributed by atoms with E-state index in [1.165, 1.54) is 0 Å². The molecular formula is C8H6Br2O2. The van der Waals surface area contributed by atoms with Crippen molar-refractivity contribution in [2.24, 2.45) is 0 Å². The van der Waals surface area contributed by atoms with Gasteiger partial charge < -0.3 is 4.74 Å². The molecule has 0 unspecified atom stereocenters. The highest BCUT2D eigenvalue weighted by Gasteiger charge is 2.02. The average molecular weight is 294 g/mol. The molecule has 2 nitrogen and oxygen atoms in total. The van der Waals surface area contributed by atoms with E-state index in [4.69, 9.17) is 0 Å². The molecule has 0 spiro atoms. The van der Waals surface area contributed by atoms with E-state index in [0.29, 0.717) is 13.1 Å². The molecule has 0 radical (unpaired) electrons. The number of benzene rings is 1. The normalized spacial score (nSPS) is 9.50. The minimum absolute atomic E-state index is 0.295. The maximum Gasteiger partial charge on any atom is 0.293 e. The largest absolute Gasteiger partial charge is 0.463 e. The second-order valence-corrected chi connectivity index (χ2v) is 3.77. The van der Waals surface area contributed by atoms with Crippen LogP contribution in [0.5, 0.6) is 0 Å². The third-order valence-corrected chi connectivity index (χ3v) is 3.47. The van der Waals surface area contributed by atoms with Gasteiger partial charge in [0.2, 0.25) is 0 Å². The minimum Gasteiger partial charge on any atom is -0.463 e. The molecule has 1 aromatic rings. The molecular weight excluding hydrogens is 288 g/mol. The lowest BCUT2D eigenvalue weighted by Crippen LogP contribution is -1.91. The van der Waals surface area contributed by atoms with Crippen LogP contribution in [-0.4, -0.2) is 6.47 Å². The van der Waals surface area contributed by atoms with E-state index in [1.807, 2.05) is 18.2 Å². The Balaban J connectivity index is 2.84. The zero-order valence-corrected chi connectivity index (χ0v) is 9.26. The molecule has 0 bridgehead atoms. The summed E-state index contributed by atoms with van der Waals surface area (Å²) in [7, 11) is 0. The number of halogens is 2. The van der Waals surface area contributed by atoms with Crippen LogP contribution in [0.25, 0.3) is 0 Å². The predicted molar refractivity (Wildman–Crippen MR) is 52.7 cm³/mol. The molecule has 0 amide bonds. The smallest absolute Gasteiger partial charge is 0.293 e. The first-order chi connectivity index (χ1) is 5.75. The fourth-order valence-corrected chi connectivity index (χ4v) is 1.57. The van der Waals surface area contributed by atoms with Gasteiger partial charge in [-0.3, -0.25) is 4.79 Å². The maximum absolute atomic E-state index is 9.93. The second kappa shape index (κ2) is 4.62. The molecule has 0 aromatic heterocycles. The molecule has 64 valence electrons. The Morgan fingerprint density at radius 2 is 2.17 bits per heavy atom. The van der Waals surface area contributed by atoms with E-state index < -0.39 is 0 Å². The average Bonchev–Trinajstić information content (AvgIpc) is 2.08. The number of hydrogen-bond acceptors (Lipinski definition) is 2. The Morgan fingerprint density at radius 1 is 1.42 bits per heavy atom. The van der Waals surface area contributed by atoms with Crippen molar-refractivity contribution in [3.05, 3.63) is 32.7 Å². The lowest BCUT2D eigenvalue weighted by molar-refractivity contribution is -0.129. The molecule has 0 atom stereocenters. The predicted octanol–water partition coefficient (Wildman–Crippen LogP) is 2.88. The van der Waals surface area contributed by atoms with Gasteiger partial charge in [-0.15, -0.1) is 0 Å². The van der Waals surface area contributed by atoms with Gasteiger partial charge in [0.05, 0.1) is 0 Å². The van der Waals surface area contributed by atoms with Gasteiger partial charge in [-0.05, 0) is 37.9 Å². The van der Waals surface area contributed by atoms with Crippen LogP contribution >= 0.6 is 31.9 Å². The van der Waals surface area contributed by atoms with E-state index >= 15 is 0 Å². The van der Waals surface area contributed by atoms with Crippen LogP contribution in [-0.2, 0) is 16.1 Å². The molecule has 0 saturated carbocycles. The molecule has 12 heavy (non-hydrogen) atoms. The first-order valence-corrected chi connectivity index (χ1v) is 4.82. The molecule has 1 rings (SSSR count). The van der Waals surface area contributed by atoms with Gasteiger partial charge >= 0.3 is 0 Å². The van der Waals surface area contributed by atoms with Gasteiger partial charge in [0, 0.05) is 14.5 Å². The van der Waals surface area contributed by atoms with Crippen LogP contribution in [0.15, 0.2) is 27.1 Å². The summed E-state index contributed by atoms with van der Waals surface area (Å²) in [6.45, 7) is 0.733. The Morgan fingerprint density at radius 3 is 2.83 bits per heavy atom. The summed E-state index contributed by atoms with van der Waals surface area (Å²) in [6, 6.07) is 5.69. The van der Waals surface area contributed by atoms with Gasteiger partial charge in [-0.2, -0.15) is 0 Å². The van der Waals surface area contributed by atoms with Crippen molar-refractivity contribution in [3.63, 3.8) is 0 Å². The summed E-state index contributed by atoms with van der Waals surface area (Å²) >= 11 is 6.71. The van der Waals surface area contributed by atoms with E-state index in [2.05, 4.69) is 36.6 Å². The van der Waals surface area contributed by atoms with Crippen molar-refractivity contribution in [3.8, 4) is 0 Å². The molecule has 0 fully saturated rings. The van der Waals surface area contributed by atoms with Crippen molar-refractivity contribution in [2.45, 2.75) is 6.61 Å². The van der Waals surface area contributed by atoms with E-state index in [9.17, 15) is 4.79 Å². The first-order valence-electron chi connectivity index (χ1n) is 3.24. The second-order valence-electron chi connectivity index (χ2n) is 2.12. The first kappa shape index (κ1) is 9.74. The lowest BCUT2D eigenvalue weighted by atomic mass is 10.2. The van der Waals surface area contributed by atoms with Crippen LogP contribution in [0, 0.1) is 0 Å². The standard InChI is InChI=1S/C8H6Br2O2/c9-7-3-1-2-6(8(7)10)4-12-5-11/h1-3,5H,4H2. The van der Waals surface area contributed by atoms with Crippen LogP contribution in [0.4, 0.5) is 0 Å². The van der Waals surface area contributed by atoms with E-state index in [0.717, 1.165) is 14.5 Å². The van der Waals surface area contributed by atoms with Crippen LogP contribution in [0.1, 0.15) is 5.56 Å². The van der Waals surface area contributed by atoms with Crippen molar-refractivity contribution >= 4 is 38.3 Å². The fraction of sp³-hybridized carbons (Fsp3) is 0.125. The summed E-state index contributed by atoms with van der Waals surface area (Å²) in [4.78, 5) is 9.93. The van der Waals surface area contributed by atoms with Crippen molar-refractivity contribution in [1.29, 1.82) is 0 Å². The Bertz CT molecular complexity index is 286. The summed E-state index contributed by atoms with van der Waals surface area (Å²) in [5.74, 6) is 0. The molecule has 0 aliphatic heterocycles. The topological polar surface area (TPSA) is 26.3 Å². The highest BCUT2D eigenvalue weighted by molar-refractivity contribution is 9.13. The van der Waals surface area contributed by atoms with Crippen LogP contribution in [0.3, 0.4) is 0 Å². The zero-order valence-electron chi connectivity index (χ0n) is 6.09. The quantitative estimate of drug-likeness (QED) is 0.801. The molecule has 1 aromatic carbocycles. The monoisotopic (exact) mass is 292 g/mol. The van der Waals surface area contributed by atoms with Crippen molar-refractivity contribution in [1.82, 2.24) is 0 Å². The van der Waals surface area contributed by atoms with Gasteiger partial charge in [0.25, 0.3) is 6.47 Å². The summed E-state index contributed by atoms with van der Waals surface area (Å²) in [5, 5.41) is 0. The molecule has 4 heteroatoms. The number of ether oxygens (including phenoxy) is 1. The van der Waals surface area contributed by atoms with E-state index in [1.54, 1.807) is 0 Å². The van der Waals surface area contributed by atoms with Crippen LogP contribution in [0.2, 0.25) is 0 Å². The van der Waals surface area contributed by atoms with E-state index in [-0.39, 0.29) is 0 Å². The summed E-state index contributed by atoms with van der Waals surface area (Å²) in [6.07, 6.45) is 0. The number of carbonyl (C=O) groups excluding carboxylic acids is 1. The number of hydrogen-bond donors (Lipinski definition) is 0. The molecule has 0 saturated heterocycles.